The first-order chi connectivity index (χ1) is 16.5. The predicted molar refractivity (Wildman–Crippen MR) is 129 cm³/mol. The second-order valence-electron chi connectivity index (χ2n) is 9.30. The average molecular weight is 500 g/mol. The molecular formula is C25H29N2O7P. The van der Waals surface area contributed by atoms with Crippen LogP contribution >= 0.6 is 7.37 Å². The van der Waals surface area contributed by atoms with E-state index in [-0.39, 0.29) is 23.9 Å². The Morgan fingerprint density at radius 1 is 1.09 bits per heavy atom. The molecule has 1 saturated heterocycles. The van der Waals surface area contributed by atoms with Gasteiger partial charge in [0.25, 0.3) is 5.91 Å². The van der Waals surface area contributed by atoms with Gasteiger partial charge in [0, 0.05) is 23.6 Å². The molecule has 2 aliphatic rings. The lowest BCUT2D eigenvalue weighted by Gasteiger charge is -2.24. The number of hydrogen-bond acceptors (Lipinski definition) is 6. The number of hydrogen-bond donors (Lipinski definition) is 2. The van der Waals surface area contributed by atoms with Gasteiger partial charge in [0.05, 0.1) is 13.2 Å². The number of nitrogens with one attached hydrogen (secondary N) is 1. The van der Waals surface area contributed by atoms with E-state index in [4.69, 9.17) is 9.26 Å². The van der Waals surface area contributed by atoms with Crippen molar-refractivity contribution in [2.45, 2.75) is 38.8 Å². The van der Waals surface area contributed by atoms with Crippen molar-refractivity contribution in [1.82, 2.24) is 10.2 Å². The Hall–Kier alpha value is -3.16. The normalized spacial score (nSPS) is 24.3. The van der Waals surface area contributed by atoms with Crippen LogP contribution < -0.4 is 15.4 Å². The van der Waals surface area contributed by atoms with Gasteiger partial charge in [0.2, 0.25) is 13.3 Å². The van der Waals surface area contributed by atoms with Crippen molar-refractivity contribution in [3.05, 3.63) is 54.1 Å². The van der Waals surface area contributed by atoms with E-state index in [1.807, 2.05) is 6.92 Å². The molecule has 0 radical (unpaired) electrons. The van der Waals surface area contributed by atoms with E-state index >= 15 is 0 Å². The number of carboxylic acids is 1. The molecule has 9 nitrogen and oxygen atoms in total. The highest BCUT2D eigenvalue weighted by molar-refractivity contribution is 7.66. The van der Waals surface area contributed by atoms with Crippen molar-refractivity contribution in [3.8, 4) is 11.5 Å². The first kappa shape index (κ1) is 24.9. The third-order valence-corrected chi connectivity index (χ3v) is 8.63. The lowest BCUT2D eigenvalue weighted by molar-refractivity contribution is -0.149. The standard InChI is InChI=1S/C25H29N2O7P/c1-4-33-35(3,32)19-11-9-18(10-12-19)34-17-7-5-16(6-8-17)23(29)26-15-22(28)27-20(24(30)31)13-25(2)14-21(25)27/h5-12,20-21H,4,13-15H2,1-3H3,(H,26,29)(H,30,31)/t20-,21-,25+,35?/m0/s1. The van der Waals surface area contributed by atoms with E-state index in [0.717, 1.165) is 6.42 Å². The Balaban J connectivity index is 1.32. The maximum Gasteiger partial charge on any atom is 0.326 e. The van der Waals surface area contributed by atoms with Crippen LogP contribution in [0, 0.1) is 5.41 Å². The molecule has 35 heavy (non-hydrogen) atoms. The second-order valence-corrected chi connectivity index (χ2v) is 11.8. The SMILES string of the molecule is CCOP(C)(=O)c1ccc(Oc2ccc(C(=O)NCC(=O)N3[C@H]4C[C@@]4(C)C[C@H]3C(=O)O)cc2)cc1. The first-order valence-electron chi connectivity index (χ1n) is 11.5. The summed E-state index contributed by atoms with van der Waals surface area (Å²) in [6.07, 6.45) is 1.24. The summed E-state index contributed by atoms with van der Waals surface area (Å²) in [7, 11) is -2.85. The van der Waals surface area contributed by atoms with Crippen LogP contribution in [0.25, 0.3) is 0 Å². The van der Waals surface area contributed by atoms with Crippen LogP contribution in [0.3, 0.4) is 0 Å². The molecule has 2 N–H and O–H groups in total. The van der Waals surface area contributed by atoms with E-state index < -0.39 is 25.3 Å². The summed E-state index contributed by atoms with van der Waals surface area (Å²) >= 11 is 0. The van der Waals surface area contributed by atoms with E-state index in [9.17, 15) is 24.1 Å². The number of likely N-dealkylation sites (tertiary alicyclic amines) is 1. The third-order valence-electron chi connectivity index (χ3n) is 6.64. The average Bonchev–Trinajstić information content (AvgIpc) is 3.38. The number of amides is 2. The summed E-state index contributed by atoms with van der Waals surface area (Å²) in [5, 5.41) is 12.6. The second kappa shape index (κ2) is 9.47. The van der Waals surface area contributed by atoms with E-state index in [1.54, 1.807) is 62.1 Å². The molecule has 0 aromatic heterocycles. The molecular weight excluding hydrogens is 471 g/mol. The van der Waals surface area contributed by atoms with Gasteiger partial charge < -0.3 is 24.6 Å². The maximum atomic E-state index is 12.7. The van der Waals surface area contributed by atoms with Gasteiger partial charge in [-0.05, 0) is 73.7 Å². The van der Waals surface area contributed by atoms with Crippen molar-refractivity contribution < 1.29 is 33.3 Å². The van der Waals surface area contributed by atoms with Crippen molar-refractivity contribution >= 4 is 30.5 Å². The van der Waals surface area contributed by atoms with E-state index in [0.29, 0.717) is 35.4 Å². The zero-order chi connectivity index (χ0) is 25.4. The Bertz CT molecular complexity index is 1180. The molecule has 1 aliphatic heterocycles. The van der Waals surface area contributed by atoms with Crippen molar-refractivity contribution in [2.75, 3.05) is 19.8 Å². The number of piperidine rings is 1. The molecule has 1 saturated carbocycles. The number of rotatable bonds is 9. The molecule has 2 aromatic carbocycles. The minimum absolute atomic E-state index is 0.0677. The van der Waals surface area contributed by atoms with Crippen LogP contribution in [-0.2, 0) is 18.7 Å². The molecule has 2 fully saturated rings. The summed E-state index contributed by atoms with van der Waals surface area (Å²) in [6, 6.07) is 12.3. The number of ether oxygens (including phenoxy) is 1. The minimum atomic E-state index is -2.85. The number of carbonyl (C=O) groups excluding carboxylic acids is 2. The zero-order valence-corrected chi connectivity index (χ0v) is 20.8. The van der Waals surface area contributed by atoms with Gasteiger partial charge in [-0.25, -0.2) is 4.79 Å². The van der Waals surface area contributed by atoms with Gasteiger partial charge in [-0.3, -0.25) is 14.2 Å². The molecule has 186 valence electrons. The smallest absolute Gasteiger partial charge is 0.326 e. The highest BCUT2D eigenvalue weighted by Crippen LogP contribution is 2.59. The van der Waals surface area contributed by atoms with Crippen molar-refractivity contribution in [2.24, 2.45) is 5.41 Å². The fourth-order valence-corrected chi connectivity index (χ4v) is 5.95. The molecule has 1 aliphatic carbocycles. The van der Waals surface area contributed by atoms with Crippen LogP contribution in [0.4, 0.5) is 0 Å². The molecule has 4 atom stereocenters. The highest BCUT2D eigenvalue weighted by atomic mass is 31.2. The molecule has 4 rings (SSSR count). The van der Waals surface area contributed by atoms with E-state index in [1.165, 1.54) is 4.90 Å². The maximum absolute atomic E-state index is 12.7. The summed E-state index contributed by atoms with van der Waals surface area (Å²) in [6.45, 7) is 5.45. The van der Waals surface area contributed by atoms with Crippen molar-refractivity contribution in [3.63, 3.8) is 0 Å². The Labute approximate surface area is 203 Å². The van der Waals surface area contributed by atoms with Crippen LogP contribution in [0.1, 0.15) is 37.0 Å². The van der Waals surface area contributed by atoms with Crippen LogP contribution in [-0.4, -0.2) is 59.7 Å². The van der Waals surface area contributed by atoms with Crippen molar-refractivity contribution in [1.29, 1.82) is 0 Å². The lowest BCUT2D eigenvalue weighted by atomic mass is 10.0. The highest BCUT2D eigenvalue weighted by Gasteiger charge is 2.64. The number of carbonyl (C=O) groups is 3. The van der Waals surface area contributed by atoms with Gasteiger partial charge in [-0.15, -0.1) is 0 Å². The Morgan fingerprint density at radius 3 is 2.26 bits per heavy atom. The van der Waals surface area contributed by atoms with E-state index in [2.05, 4.69) is 5.32 Å². The Kier molecular flexibility index (Phi) is 6.75. The molecule has 0 bridgehead atoms. The summed E-state index contributed by atoms with van der Waals surface area (Å²) in [5.41, 5.74) is 0.217. The largest absolute Gasteiger partial charge is 0.480 e. The molecule has 2 aromatic rings. The van der Waals surface area contributed by atoms with Gasteiger partial charge in [-0.2, -0.15) is 0 Å². The number of carboxylic acid groups (broad SMARTS) is 1. The molecule has 1 unspecified atom stereocenters. The monoisotopic (exact) mass is 500 g/mol. The number of aliphatic carboxylic acids is 1. The van der Waals surface area contributed by atoms with Crippen LogP contribution in [0.5, 0.6) is 11.5 Å². The van der Waals surface area contributed by atoms with Crippen LogP contribution in [0.2, 0.25) is 0 Å². The van der Waals surface area contributed by atoms with Gasteiger partial charge >= 0.3 is 5.97 Å². The summed E-state index contributed by atoms with van der Waals surface area (Å²) in [4.78, 5) is 38.1. The molecule has 2 amide bonds. The minimum Gasteiger partial charge on any atom is -0.480 e. The number of benzene rings is 2. The lowest BCUT2D eigenvalue weighted by Crippen LogP contribution is -2.47. The molecule has 0 spiro atoms. The zero-order valence-electron chi connectivity index (χ0n) is 19.9. The first-order valence-corrected chi connectivity index (χ1v) is 13.5. The summed E-state index contributed by atoms with van der Waals surface area (Å²) in [5.74, 6) is -0.792. The topological polar surface area (TPSA) is 122 Å². The predicted octanol–water partition coefficient (Wildman–Crippen LogP) is 3.24. The quantitative estimate of drug-likeness (QED) is 0.507. The third kappa shape index (κ3) is 5.26. The number of nitrogens with zero attached hydrogens (tertiary/aromatic N) is 1. The fourth-order valence-electron chi connectivity index (χ4n) is 4.61. The van der Waals surface area contributed by atoms with Gasteiger partial charge in [0.1, 0.15) is 17.5 Å². The van der Waals surface area contributed by atoms with Gasteiger partial charge in [-0.1, -0.05) is 6.92 Å². The number of fused-ring (bicyclic) bond motifs is 1. The molecule has 10 heteroatoms. The van der Waals surface area contributed by atoms with Gasteiger partial charge in [0.15, 0.2) is 0 Å². The van der Waals surface area contributed by atoms with Crippen LogP contribution in [0.15, 0.2) is 48.5 Å². The Morgan fingerprint density at radius 2 is 1.69 bits per heavy atom. The summed E-state index contributed by atoms with van der Waals surface area (Å²) < 4.78 is 23.6. The molecule has 1 heterocycles. The fraction of sp³-hybridized carbons (Fsp3) is 0.400.